The molecule has 4 rings (SSSR count). The summed E-state index contributed by atoms with van der Waals surface area (Å²) in [6.07, 6.45) is 3.05. The monoisotopic (exact) mass is 433 g/mol. The van der Waals surface area contributed by atoms with Crippen LogP contribution < -0.4 is 15.4 Å². The third-order valence-corrected chi connectivity index (χ3v) is 5.61. The van der Waals surface area contributed by atoms with Crippen molar-refractivity contribution in [3.63, 3.8) is 0 Å². The number of benzene rings is 2. The Bertz CT molecular complexity index is 1220. The van der Waals surface area contributed by atoms with E-state index in [1.54, 1.807) is 54.5 Å². The number of nitrogens with zero attached hydrogens (tertiary/aromatic N) is 3. The van der Waals surface area contributed by atoms with Gasteiger partial charge < -0.3 is 15.4 Å². The van der Waals surface area contributed by atoms with E-state index in [4.69, 9.17) is 4.74 Å². The Hall–Kier alpha value is -3.98. The maximum atomic E-state index is 12.6. The van der Waals surface area contributed by atoms with Crippen LogP contribution in [0.15, 0.2) is 67.3 Å². The summed E-state index contributed by atoms with van der Waals surface area (Å²) in [6.45, 7) is 1.93. The molecule has 2 amide bonds. The van der Waals surface area contributed by atoms with Gasteiger partial charge in [-0.1, -0.05) is 6.07 Å². The van der Waals surface area contributed by atoms with E-state index in [-0.39, 0.29) is 11.8 Å². The van der Waals surface area contributed by atoms with Crippen molar-refractivity contribution in [2.75, 3.05) is 17.7 Å². The van der Waals surface area contributed by atoms with Gasteiger partial charge in [-0.15, -0.1) is 11.3 Å². The number of carbonyl (C=O) groups is 2. The maximum absolute atomic E-state index is 12.6. The molecular formula is C22H19N5O3S. The highest BCUT2D eigenvalue weighted by molar-refractivity contribution is 7.16. The van der Waals surface area contributed by atoms with Crippen molar-refractivity contribution in [3.05, 3.63) is 82.6 Å². The molecule has 0 aliphatic heterocycles. The molecule has 0 aliphatic carbocycles. The lowest BCUT2D eigenvalue weighted by Crippen LogP contribution is -2.11. The number of carbonyl (C=O) groups excluding carboxylic acids is 2. The lowest BCUT2D eigenvalue weighted by molar-refractivity contribution is 0.102. The predicted molar refractivity (Wildman–Crippen MR) is 119 cm³/mol. The van der Waals surface area contributed by atoms with Gasteiger partial charge in [-0.3, -0.25) is 9.59 Å². The fourth-order valence-corrected chi connectivity index (χ4v) is 3.70. The van der Waals surface area contributed by atoms with Gasteiger partial charge >= 0.3 is 0 Å². The zero-order valence-corrected chi connectivity index (χ0v) is 17.6. The first-order valence-corrected chi connectivity index (χ1v) is 10.2. The van der Waals surface area contributed by atoms with Gasteiger partial charge in [0.05, 0.1) is 22.6 Å². The van der Waals surface area contributed by atoms with E-state index in [1.165, 1.54) is 6.33 Å². The lowest BCUT2D eigenvalue weighted by atomic mass is 10.2. The molecule has 8 nitrogen and oxygen atoms in total. The van der Waals surface area contributed by atoms with Crippen LogP contribution in [-0.2, 0) is 0 Å². The summed E-state index contributed by atoms with van der Waals surface area (Å²) in [5.41, 5.74) is 3.07. The molecule has 2 heterocycles. The number of methoxy groups -OCH3 is 1. The first-order chi connectivity index (χ1) is 15.0. The number of anilines is 2. The van der Waals surface area contributed by atoms with E-state index in [0.717, 1.165) is 22.6 Å². The minimum absolute atomic E-state index is 0.283. The normalized spacial score (nSPS) is 10.5. The molecule has 4 aromatic rings. The summed E-state index contributed by atoms with van der Waals surface area (Å²) in [6, 6.07) is 15.9. The van der Waals surface area contributed by atoms with Gasteiger partial charge in [0.25, 0.3) is 11.8 Å². The van der Waals surface area contributed by atoms with Crippen molar-refractivity contribution < 1.29 is 14.3 Å². The van der Waals surface area contributed by atoms with E-state index in [1.807, 2.05) is 25.1 Å². The van der Waals surface area contributed by atoms with E-state index >= 15 is 0 Å². The SMILES string of the molecule is COc1cc(NC(=O)c2ccc(C(=O)Nc3ccc(-n4cncn4)cc3)s2)ccc1C. The minimum atomic E-state index is -0.285. The number of thiophene rings is 1. The average molecular weight is 433 g/mol. The van der Waals surface area contributed by atoms with Crippen LogP contribution in [0.1, 0.15) is 24.9 Å². The minimum Gasteiger partial charge on any atom is -0.496 e. The molecule has 2 aromatic carbocycles. The predicted octanol–water partition coefficient (Wildman–Crippen LogP) is 4.15. The Balaban J connectivity index is 1.40. The number of amides is 2. The number of aryl methyl sites for hydroxylation is 1. The van der Waals surface area contributed by atoms with Gasteiger partial charge in [0.15, 0.2) is 0 Å². The molecule has 0 spiro atoms. The Labute approximate surface area is 182 Å². The molecule has 2 N–H and O–H groups in total. The van der Waals surface area contributed by atoms with Crippen LogP contribution in [0.3, 0.4) is 0 Å². The van der Waals surface area contributed by atoms with Crippen LogP contribution in [-0.4, -0.2) is 33.7 Å². The van der Waals surface area contributed by atoms with E-state index in [9.17, 15) is 9.59 Å². The van der Waals surface area contributed by atoms with Crippen LogP contribution >= 0.6 is 11.3 Å². The third-order valence-electron chi connectivity index (χ3n) is 4.53. The van der Waals surface area contributed by atoms with Gasteiger partial charge in [0.2, 0.25) is 0 Å². The van der Waals surface area contributed by atoms with E-state index < -0.39 is 0 Å². The number of hydrogen-bond acceptors (Lipinski definition) is 6. The van der Waals surface area contributed by atoms with Gasteiger partial charge in [-0.25, -0.2) is 9.67 Å². The van der Waals surface area contributed by atoms with Crippen molar-refractivity contribution in [3.8, 4) is 11.4 Å². The van der Waals surface area contributed by atoms with Gasteiger partial charge in [0, 0.05) is 17.4 Å². The van der Waals surface area contributed by atoms with Crippen LogP contribution in [0, 0.1) is 6.92 Å². The van der Waals surface area contributed by atoms with Crippen LogP contribution in [0.2, 0.25) is 0 Å². The van der Waals surface area contributed by atoms with Crippen molar-refractivity contribution in [1.82, 2.24) is 14.8 Å². The van der Waals surface area contributed by atoms with Crippen molar-refractivity contribution >= 4 is 34.5 Å². The Kier molecular flexibility index (Phi) is 5.76. The Morgan fingerprint density at radius 1 is 0.935 bits per heavy atom. The fourth-order valence-electron chi connectivity index (χ4n) is 2.90. The number of aromatic nitrogens is 3. The molecule has 0 aliphatic rings. The highest BCUT2D eigenvalue weighted by atomic mass is 32.1. The zero-order valence-electron chi connectivity index (χ0n) is 16.8. The number of rotatable bonds is 6. The molecule has 0 unspecified atom stereocenters. The molecular weight excluding hydrogens is 414 g/mol. The zero-order chi connectivity index (χ0) is 21.8. The highest BCUT2D eigenvalue weighted by Crippen LogP contribution is 2.24. The van der Waals surface area contributed by atoms with Gasteiger partial charge in [-0.2, -0.15) is 5.10 Å². The summed E-state index contributed by atoms with van der Waals surface area (Å²) in [7, 11) is 1.58. The molecule has 0 fully saturated rings. The second-order valence-corrected chi connectivity index (χ2v) is 7.73. The summed E-state index contributed by atoms with van der Waals surface area (Å²) in [5.74, 6) is 0.126. The average Bonchev–Trinajstić information content (AvgIpc) is 3.48. The third kappa shape index (κ3) is 4.62. The second kappa shape index (κ2) is 8.80. The van der Waals surface area contributed by atoms with Crippen LogP contribution in [0.25, 0.3) is 5.69 Å². The molecule has 31 heavy (non-hydrogen) atoms. The maximum Gasteiger partial charge on any atom is 0.265 e. The standard InChI is InChI=1S/C22H19N5O3S/c1-14-3-4-16(11-18(14)30-2)26-22(29)20-10-9-19(31-20)21(28)25-15-5-7-17(8-6-15)27-13-23-12-24-27/h3-13H,1-2H3,(H,25,28)(H,26,29). The topological polar surface area (TPSA) is 98.1 Å². The number of ether oxygens (including phenoxy) is 1. The second-order valence-electron chi connectivity index (χ2n) is 6.64. The van der Waals surface area contributed by atoms with E-state index in [0.29, 0.717) is 26.9 Å². The van der Waals surface area contributed by atoms with Crippen LogP contribution in [0.4, 0.5) is 11.4 Å². The fraction of sp³-hybridized carbons (Fsp3) is 0.0909. The summed E-state index contributed by atoms with van der Waals surface area (Å²) < 4.78 is 6.91. The molecule has 156 valence electrons. The number of hydrogen-bond donors (Lipinski definition) is 2. The molecule has 0 atom stereocenters. The summed E-state index contributed by atoms with van der Waals surface area (Å²) in [4.78, 5) is 29.9. The van der Waals surface area contributed by atoms with Crippen molar-refractivity contribution in [1.29, 1.82) is 0 Å². The van der Waals surface area contributed by atoms with Gasteiger partial charge in [0.1, 0.15) is 18.4 Å². The quantitative estimate of drug-likeness (QED) is 0.476. The smallest absolute Gasteiger partial charge is 0.265 e. The Morgan fingerprint density at radius 3 is 2.19 bits per heavy atom. The molecule has 2 aromatic heterocycles. The molecule has 0 saturated heterocycles. The molecule has 0 saturated carbocycles. The molecule has 9 heteroatoms. The van der Waals surface area contributed by atoms with Crippen molar-refractivity contribution in [2.45, 2.75) is 6.92 Å². The molecule has 0 radical (unpaired) electrons. The highest BCUT2D eigenvalue weighted by Gasteiger charge is 2.15. The summed E-state index contributed by atoms with van der Waals surface area (Å²) >= 11 is 1.12. The first kappa shape index (κ1) is 20.3. The van der Waals surface area contributed by atoms with E-state index in [2.05, 4.69) is 20.7 Å². The van der Waals surface area contributed by atoms with Crippen LogP contribution in [0.5, 0.6) is 5.75 Å². The largest absolute Gasteiger partial charge is 0.496 e. The summed E-state index contributed by atoms with van der Waals surface area (Å²) in [5, 5.41) is 9.72. The lowest BCUT2D eigenvalue weighted by Gasteiger charge is -2.08. The van der Waals surface area contributed by atoms with Crippen molar-refractivity contribution in [2.24, 2.45) is 0 Å². The molecule has 0 bridgehead atoms. The first-order valence-electron chi connectivity index (χ1n) is 9.36. The van der Waals surface area contributed by atoms with Gasteiger partial charge in [-0.05, 0) is 55.0 Å². The number of nitrogens with one attached hydrogen (secondary N) is 2. The Morgan fingerprint density at radius 2 is 1.58 bits per heavy atom.